The van der Waals surface area contributed by atoms with Crippen molar-refractivity contribution >= 4 is 28.9 Å². The van der Waals surface area contributed by atoms with Crippen molar-refractivity contribution < 1.29 is 4.79 Å². The molecule has 21 heavy (non-hydrogen) atoms. The summed E-state index contributed by atoms with van der Waals surface area (Å²) in [4.78, 5) is 32.7. The van der Waals surface area contributed by atoms with Crippen molar-refractivity contribution in [2.24, 2.45) is 0 Å². The van der Waals surface area contributed by atoms with Crippen molar-refractivity contribution in [3.05, 3.63) is 44.0 Å². The largest absolute Gasteiger partial charge is 0.301 e. The van der Waals surface area contributed by atoms with Crippen LogP contribution in [0.4, 0.5) is 0 Å². The lowest BCUT2D eigenvalue weighted by Gasteiger charge is -2.02. The molecule has 0 fully saturated rings. The number of hydrogen-bond donors (Lipinski definition) is 1. The molecule has 1 N–H and O–H groups in total. The number of Topliss-reactive ketones (excluding diaryl/α,β-unsaturated/α-hetero) is 1. The van der Waals surface area contributed by atoms with Gasteiger partial charge in [-0.3, -0.25) is 9.59 Å². The van der Waals surface area contributed by atoms with Gasteiger partial charge in [-0.1, -0.05) is 32.0 Å². The molecule has 0 aliphatic heterocycles. The minimum atomic E-state index is -0.159. The van der Waals surface area contributed by atoms with Crippen molar-refractivity contribution in [2.75, 3.05) is 5.75 Å². The molecule has 2 heterocycles. The third-order valence-electron chi connectivity index (χ3n) is 2.90. The summed E-state index contributed by atoms with van der Waals surface area (Å²) in [7, 11) is 0. The molecular weight excluding hydrogens is 304 g/mol. The van der Waals surface area contributed by atoms with Gasteiger partial charge in [-0.15, -0.1) is 11.3 Å². The number of carbonyl (C=O) groups is 1. The number of aromatic amines is 1. The number of hydrogen-bond acceptors (Lipinski definition) is 5. The molecule has 2 aromatic heterocycles. The molecule has 0 aromatic carbocycles. The van der Waals surface area contributed by atoms with Gasteiger partial charge in [0.05, 0.1) is 10.6 Å². The molecule has 0 atom stereocenters. The maximum Gasteiger partial charge on any atom is 0.251 e. The maximum absolute atomic E-state index is 12.1. The van der Waals surface area contributed by atoms with Gasteiger partial charge < -0.3 is 4.98 Å². The number of aryl methyl sites for hydroxylation is 2. The molecule has 6 heteroatoms. The molecular formula is C15H18N2O2S2. The van der Waals surface area contributed by atoms with Gasteiger partial charge >= 0.3 is 0 Å². The van der Waals surface area contributed by atoms with Gasteiger partial charge in [0, 0.05) is 16.6 Å². The predicted octanol–water partition coefficient (Wildman–Crippen LogP) is 3.32. The van der Waals surface area contributed by atoms with Gasteiger partial charge in [-0.05, 0) is 25.0 Å². The van der Waals surface area contributed by atoms with Crippen molar-refractivity contribution in [1.82, 2.24) is 9.97 Å². The number of ketones is 1. The normalized spacial score (nSPS) is 10.8. The third-order valence-corrected chi connectivity index (χ3v) is 5.05. The second-order valence-corrected chi connectivity index (χ2v) is 6.76. The highest BCUT2D eigenvalue weighted by molar-refractivity contribution is 7.99. The van der Waals surface area contributed by atoms with E-state index in [0.29, 0.717) is 10.9 Å². The summed E-state index contributed by atoms with van der Waals surface area (Å²) in [5, 5.41) is 0.520. The molecule has 2 rings (SSSR count). The zero-order valence-corrected chi connectivity index (χ0v) is 13.8. The average molecular weight is 322 g/mol. The van der Waals surface area contributed by atoms with Crippen LogP contribution in [0.2, 0.25) is 0 Å². The minimum Gasteiger partial charge on any atom is -0.301 e. The number of aromatic nitrogens is 2. The molecule has 0 bridgehead atoms. The first-order chi connectivity index (χ1) is 10.1. The lowest BCUT2D eigenvalue weighted by atomic mass is 10.2. The average Bonchev–Trinajstić information content (AvgIpc) is 2.93. The fraction of sp³-hybridized carbons (Fsp3) is 0.400. The third kappa shape index (κ3) is 4.54. The number of nitrogens with one attached hydrogen (secondary N) is 1. The summed E-state index contributed by atoms with van der Waals surface area (Å²) < 4.78 is 0. The highest BCUT2D eigenvalue weighted by Crippen LogP contribution is 2.20. The SMILES string of the molecule is CCCc1cc(=O)[nH]c(SCC(=O)c2ccc(CC)s2)n1. The van der Waals surface area contributed by atoms with Crippen LogP contribution in [-0.2, 0) is 12.8 Å². The van der Waals surface area contributed by atoms with Crippen molar-refractivity contribution in [3.8, 4) is 0 Å². The summed E-state index contributed by atoms with van der Waals surface area (Å²) >= 11 is 2.82. The standard InChI is InChI=1S/C15H18N2O2S2/c1-3-5-10-8-14(19)17-15(16-10)20-9-12(18)13-7-6-11(4-2)21-13/h6-8H,3-5,9H2,1-2H3,(H,16,17,19). The maximum atomic E-state index is 12.1. The Labute approximate surface area is 132 Å². The Morgan fingerprint density at radius 3 is 2.86 bits per heavy atom. The Morgan fingerprint density at radius 1 is 1.38 bits per heavy atom. The lowest BCUT2D eigenvalue weighted by molar-refractivity contribution is 0.102. The molecule has 4 nitrogen and oxygen atoms in total. The second kappa shape index (κ2) is 7.56. The van der Waals surface area contributed by atoms with E-state index in [1.54, 1.807) is 0 Å². The Bertz CT molecular complexity index is 676. The summed E-state index contributed by atoms with van der Waals surface area (Å²) in [6, 6.07) is 5.38. The second-order valence-electron chi connectivity index (χ2n) is 4.62. The van der Waals surface area contributed by atoms with Crippen LogP contribution in [0, 0.1) is 0 Å². The summed E-state index contributed by atoms with van der Waals surface area (Å²) in [6.45, 7) is 4.12. The Morgan fingerprint density at radius 2 is 2.19 bits per heavy atom. The van der Waals surface area contributed by atoms with Crippen molar-refractivity contribution in [2.45, 2.75) is 38.3 Å². The Kier molecular flexibility index (Phi) is 5.76. The topological polar surface area (TPSA) is 62.8 Å². The zero-order valence-electron chi connectivity index (χ0n) is 12.1. The van der Waals surface area contributed by atoms with E-state index in [4.69, 9.17) is 0 Å². The van der Waals surface area contributed by atoms with Crippen LogP contribution in [0.1, 0.15) is 40.5 Å². The minimum absolute atomic E-state index is 0.0771. The number of nitrogens with zero attached hydrogens (tertiary/aromatic N) is 1. The predicted molar refractivity (Wildman–Crippen MR) is 87.6 cm³/mol. The van der Waals surface area contributed by atoms with E-state index in [-0.39, 0.29) is 11.3 Å². The quantitative estimate of drug-likeness (QED) is 0.482. The smallest absolute Gasteiger partial charge is 0.251 e. The molecule has 0 spiro atoms. The zero-order chi connectivity index (χ0) is 15.2. The van der Waals surface area contributed by atoms with E-state index in [2.05, 4.69) is 16.9 Å². The molecule has 0 aliphatic carbocycles. The monoisotopic (exact) mass is 322 g/mol. The Balaban J connectivity index is 2.02. The summed E-state index contributed by atoms with van der Waals surface area (Å²) in [6.07, 6.45) is 2.66. The molecule has 0 radical (unpaired) electrons. The fourth-order valence-corrected chi connectivity index (χ4v) is 3.61. The van der Waals surface area contributed by atoms with E-state index in [9.17, 15) is 9.59 Å². The summed E-state index contributed by atoms with van der Waals surface area (Å²) in [5.74, 6) is 0.371. The van der Waals surface area contributed by atoms with Crippen LogP contribution in [0.15, 0.2) is 28.2 Å². The van der Waals surface area contributed by atoms with Gasteiger partial charge in [0.1, 0.15) is 0 Å². The first-order valence-electron chi connectivity index (χ1n) is 6.97. The van der Waals surface area contributed by atoms with Gasteiger partial charge in [0.25, 0.3) is 5.56 Å². The van der Waals surface area contributed by atoms with Crippen LogP contribution >= 0.6 is 23.1 Å². The van der Waals surface area contributed by atoms with Crippen LogP contribution in [0.25, 0.3) is 0 Å². The molecule has 112 valence electrons. The van der Waals surface area contributed by atoms with E-state index in [1.807, 2.05) is 19.1 Å². The Hall–Kier alpha value is -1.40. The van der Waals surface area contributed by atoms with E-state index in [0.717, 1.165) is 29.8 Å². The molecule has 0 unspecified atom stereocenters. The number of thiophene rings is 1. The van der Waals surface area contributed by atoms with Crippen LogP contribution in [0.3, 0.4) is 0 Å². The summed E-state index contributed by atoms with van der Waals surface area (Å²) in [5.41, 5.74) is 0.619. The molecule has 0 amide bonds. The molecule has 0 aliphatic rings. The molecule has 0 saturated carbocycles. The lowest BCUT2D eigenvalue weighted by Crippen LogP contribution is -2.11. The number of carbonyl (C=O) groups excluding carboxylic acids is 1. The van der Waals surface area contributed by atoms with Gasteiger partial charge in [-0.25, -0.2) is 4.98 Å². The highest BCUT2D eigenvalue weighted by Gasteiger charge is 2.11. The van der Waals surface area contributed by atoms with E-state index < -0.39 is 0 Å². The number of H-pyrrole nitrogens is 1. The van der Waals surface area contributed by atoms with E-state index in [1.165, 1.54) is 34.0 Å². The van der Waals surface area contributed by atoms with Crippen molar-refractivity contribution in [3.63, 3.8) is 0 Å². The van der Waals surface area contributed by atoms with Gasteiger partial charge in [0.2, 0.25) is 0 Å². The first-order valence-corrected chi connectivity index (χ1v) is 8.77. The van der Waals surface area contributed by atoms with Crippen LogP contribution in [-0.4, -0.2) is 21.5 Å². The fourth-order valence-electron chi connectivity index (χ4n) is 1.86. The molecule has 2 aromatic rings. The molecule has 0 saturated heterocycles. The van der Waals surface area contributed by atoms with Crippen molar-refractivity contribution in [1.29, 1.82) is 0 Å². The van der Waals surface area contributed by atoms with Crippen LogP contribution < -0.4 is 5.56 Å². The first kappa shape index (κ1) is 16.0. The number of thioether (sulfide) groups is 1. The number of rotatable bonds is 7. The van der Waals surface area contributed by atoms with E-state index >= 15 is 0 Å². The highest BCUT2D eigenvalue weighted by atomic mass is 32.2. The van der Waals surface area contributed by atoms with Crippen LogP contribution in [0.5, 0.6) is 0 Å². The van der Waals surface area contributed by atoms with Gasteiger partial charge in [0.15, 0.2) is 10.9 Å². The van der Waals surface area contributed by atoms with Gasteiger partial charge in [-0.2, -0.15) is 0 Å².